The normalized spacial score (nSPS) is 15.8. The minimum absolute atomic E-state index is 0.0157. The van der Waals surface area contributed by atoms with Gasteiger partial charge >= 0.3 is 6.03 Å². The molecule has 0 saturated carbocycles. The second-order valence-corrected chi connectivity index (χ2v) is 5.76. The van der Waals surface area contributed by atoms with Crippen molar-refractivity contribution >= 4 is 6.03 Å². The molecule has 1 aromatic carbocycles. The molecule has 2 amide bonds. The quantitative estimate of drug-likeness (QED) is 0.885. The smallest absolute Gasteiger partial charge is 0.318 e. The van der Waals surface area contributed by atoms with E-state index in [1.807, 2.05) is 18.2 Å². The summed E-state index contributed by atoms with van der Waals surface area (Å²) in [7, 11) is 0. The highest BCUT2D eigenvalue weighted by Crippen LogP contribution is 2.35. The van der Waals surface area contributed by atoms with Crippen LogP contribution in [0, 0.1) is 5.82 Å². The summed E-state index contributed by atoms with van der Waals surface area (Å²) in [4.78, 5) is 18.1. The van der Waals surface area contributed by atoms with Crippen LogP contribution in [0.4, 0.5) is 9.18 Å². The highest BCUT2D eigenvalue weighted by Gasteiger charge is 2.30. The van der Waals surface area contributed by atoms with Crippen LogP contribution in [0.15, 0.2) is 42.6 Å². The third-order valence-electron chi connectivity index (χ3n) is 4.32. The first-order valence-electron chi connectivity index (χ1n) is 8.03. The molecule has 0 aliphatic heterocycles. The molecule has 6 heteroatoms. The molecule has 0 bridgehead atoms. The number of fused-ring (bicyclic) bond motifs is 1. The zero-order valence-corrected chi connectivity index (χ0v) is 13.3. The van der Waals surface area contributed by atoms with Crippen LogP contribution in [-0.4, -0.2) is 34.2 Å². The number of halogens is 1. The third-order valence-corrected chi connectivity index (χ3v) is 4.32. The van der Waals surface area contributed by atoms with Crippen molar-refractivity contribution in [3.8, 4) is 0 Å². The van der Waals surface area contributed by atoms with Crippen molar-refractivity contribution in [2.75, 3.05) is 13.2 Å². The minimum atomic E-state index is -0.447. The van der Waals surface area contributed by atoms with Crippen LogP contribution >= 0.6 is 0 Å². The van der Waals surface area contributed by atoms with Crippen molar-refractivity contribution in [1.29, 1.82) is 0 Å². The van der Waals surface area contributed by atoms with Gasteiger partial charge in [0.25, 0.3) is 0 Å². The molecule has 0 fully saturated rings. The molecular formula is C18H20FN3O2. The van der Waals surface area contributed by atoms with Crippen LogP contribution in [0.5, 0.6) is 0 Å². The number of hydrogen-bond donors (Lipinski definition) is 2. The summed E-state index contributed by atoms with van der Waals surface area (Å²) in [6, 6.07) is 10.5. The number of pyridine rings is 1. The molecule has 126 valence electrons. The van der Waals surface area contributed by atoms with Gasteiger partial charge in [0.2, 0.25) is 0 Å². The Morgan fingerprint density at radius 2 is 2.17 bits per heavy atom. The molecule has 2 aromatic rings. The summed E-state index contributed by atoms with van der Waals surface area (Å²) in [5, 5.41) is 12.0. The SMILES string of the molecule is O=C(NCc1ncccc1F)N(CCO)C1CCc2ccccc21. The summed E-state index contributed by atoms with van der Waals surface area (Å²) < 4.78 is 13.6. The Morgan fingerprint density at radius 1 is 1.33 bits per heavy atom. The average molecular weight is 329 g/mol. The first kappa shape index (κ1) is 16.4. The molecule has 1 heterocycles. The fourth-order valence-corrected chi connectivity index (χ4v) is 3.17. The Morgan fingerprint density at radius 3 is 2.96 bits per heavy atom. The number of carbonyl (C=O) groups is 1. The molecule has 0 saturated heterocycles. The minimum Gasteiger partial charge on any atom is -0.395 e. The number of nitrogens with one attached hydrogen (secondary N) is 1. The number of hydrogen-bond acceptors (Lipinski definition) is 3. The standard InChI is InChI=1S/C18H20FN3O2/c19-15-6-3-9-20-16(15)12-21-18(24)22(10-11-23)17-8-7-13-4-1-2-5-14(13)17/h1-6,9,17,23H,7-8,10-12H2,(H,21,24). The largest absolute Gasteiger partial charge is 0.395 e. The van der Waals surface area contributed by atoms with Gasteiger partial charge in [0.15, 0.2) is 0 Å². The molecule has 3 rings (SSSR count). The van der Waals surface area contributed by atoms with Crippen LogP contribution in [0.2, 0.25) is 0 Å². The van der Waals surface area contributed by atoms with Gasteiger partial charge in [0.05, 0.1) is 24.9 Å². The van der Waals surface area contributed by atoms with Crippen LogP contribution < -0.4 is 5.32 Å². The summed E-state index contributed by atoms with van der Waals surface area (Å²) >= 11 is 0. The van der Waals surface area contributed by atoms with E-state index >= 15 is 0 Å². The molecule has 0 radical (unpaired) electrons. The summed E-state index contributed by atoms with van der Waals surface area (Å²) in [5.74, 6) is -0.447. The monoisotopic (exact) mass is 329 g/mol. The predicted molar refractivity (Wildman–Crippen MR) is 87.7 cm³/mol. The second kappa shape index (κ2) is 7.40. The van der Waals surface area contributed by atoms with E-state index in [4.69, 9.17) is 0 Å². The van der Waals surface area contributed by atoms with Gasteiger partial charge in [0, 0.05) is 12.7 Å². The van der Waals surface area contributed by atoms with Crippen molar-refractivity contribution in [1.82, 2.24) is 15.2 Å². The van der Waals surface area contributed by atoms with E-state index in [1.54, 1.807) is 4.90 Å². The van der Waals surface area contributed by atoms with Crippen LogP contribution in [0.1, 0.15) is 29.3 Å². The first-order chi connectivity index (χ1) is 11.7. The molecule has 1 atom stereocenters. The molecule has 1 aliphatic carbocycles. The highest BCUT2D eigenvalue weighted by atomic mass is 19.1. The van der Waals surface area contributed by atoms with Crippen LogP contribution in [-0.2, 0) is 13.0 Å². The number of aliphatic hydroxyl groups excluding tert-OH is 1. The number of benzene rings is 1. The number of amides is 2. The second-order valence-electron chi connectivity index (χ2n) is 5.76. The summed E-state index contributed by atoms with van der Waals surface area (Å²) in [6.07, 6.45) is 3.22. The Kier molecular flexibility index (Phi) is 5.05. The van der Waals surface area contributed by atoms with Gasteiger partial charge in [-0.1, -0.05) is 24.3 Å². The molecule has 2 N–H and O–H groups in total. The number of aromatic nitrogens is 1. The van der Waals surface area contributed by atoms with Gasteiger partial charge in [0.1, 0.15) is 5.82 Å². The maximum absolute atomic E-state index is 13.6. The van der Waals surface area contributed by atoms with Crippen LogP contribution in [0.3, 0.4) is 0 Å². The number of aliphatic hydroxyl groups is 1. The van der Waals surface area contributed by atoms with Gasteiger partial charge in [-0.05, 0) is 36.1 Å². The van der Waals surface area contributed by atoms with Gasteiger partial charge in [-0.15, -0.1) is 0 Å². The number of carbonyl (C=O) groups excluding carboxylic acids is 1. The lowest BCUT2D eigenvalue weighted by molar-refractivity contribution is 0.151. The fraction of sp³-hybridized carbons (Fsp3) is 0.333. The lowest BCUT2D eigenvalue weighted by Crippen LogP contribution is -2.43. The van der Waals surface area contributed by atoms with Crippen molar-refractivity contribution in [3.05, 3.63) is 65.2 Å². The van der Waals surface area contributed by atoms with Crippen molar-refractivity contribution in [2.45, 2.75) is 25.4 Å². The molecule has 24 heavy (non-hydrogen) atoms. The van der Waals surface area contributed by atoms with Crippen molar-refractivity contribution in [2.24, 2.45) is 0 Å². The molecule has 1 aromatic heterocycles. The highest BCUT2D eigenvalue weighted by molar-refractivity contribution is 5.75. The van der Waals surface area contributed by atoms with E-state index in [-0.39, 0.29) is 37.5 Å². The molecule has 5 nitrogen and oxygen atoms in total. The number of nitrogens with zero attached hydrogens (tertiary/aromatic N) is 2. The van der Waals surface area contributed by atoms with Gasteiger partial charge in [-0.3, -0.25) is 4.98 Å². The Hall–Kier alpha value is -2.47. The Balaban J connectivity index is 1.72. The van der Waals surface area contributed by atoms with E-state index in [1.165, 1.54) is 23.9 Å². The fourth-order valence-electron chi connectivity index (χ4n) is 3.17. The third kappa shape index (κ3) is 3.38. The molecule has 1 unspecified atom stereocenters. The van der Waals surface area contributed by atoms with Gasteiger partial charge < -0.3 is 15.3 Å². The van der Waals surface area contributed by atoms with Gasteiger partial charge in [-0.25, -0.2) is 9.18 Å². The lowest BCUT2D eigenvalue weighted by Gasteiger charge is -2.29. The average Bonchev–Trinajstić information content (AvgIpc) is 3.02. The Bertz CT molecular complexity index is 723. The van der Waals surface area contributed by atoms with E-state index in [9.17, 15) is 14.3 Å². The number of rotatable bonds is 5. The van der Waals surface area contributed by atoms with E-state index < -0.39 is 5.82 Å². The molecule has 0 spiro atoms. The topological polar surface area (TPSA) is 65.5 Å². The van der Waals surface area contributed by atoms with E-state index in [0.717, 1.165) is 18.4 Å². The van der Waals surface area contributed by atoms with Gasteiger partial charge in [-0.2, -0.15) is 0 Å². The molecule has 1 aliphatic rings. The van der Waals surface area contributed by atoms with Crippen molar-refractivity contribution in [3.63, 3.8) is 0 Å². The maximum atomic E-state index is 13.6. The summed E-state index contributed by atoms with van der Waals surface area (Å²) in [5.41, 5.74) is 2.54. The number of aryl methyl sites for hydroxylation is 1. The zero-order valence-electron chi connectivity index (χ0n) is 13.3. The van der Waals surface area contributed by atoms with Crippen LogP contribution in [0.25, 0.3) is 0 Å². The van der Waals surface area contributed by atoms with E-state index in [0.29, 0.717) is 0 Å². The number of urea groups is 1. The first-order valence-corrected chi connectivity index (χ1v) is 8.03. The predicted octanol–water partition coefficient (Wildman–Crippen LogP) is 2.41. The Labute approximate surface area is 140 Å². The zero-order chi connectivity index (χ0) is 16.9. The van der Waals surface area contributed by atoms with Crippen molar-refractivity contribution < 1.29 is 14.3 Å². The molecular weight excluding hydrogens is 309 g/mol. The van der Waals surface area contributed by atoms with E-state index in [2.05, 4.69) is 16.4 Å². The summed E-state index contributed by atoms with van der Waals surface area (Å²) in [6.45, 7) is 0.126. The lowest BCUT2D eigenvalue weighted by atomic mass is 10.1. The maximum Gasteiger partial charge on any atom is 0.318 e.